The number of piperidine rings is 1. The third-order valence-corrected chi connectivity index (χ3v) is 5.79. The summed E-state index contributed by atoms with van der Waals surface area (Å²) >= 11 is 0. The number of hydrogen-bond acceptors (Lipinski definition) is 4. The van der Waals surface area contributed by atoms with Crippen LogP contribution >= 0.6 is 0 Å². The smallest absolute Gasteiger partial charge is 0.410 e. The fraction of sp³-hybridized carbons (Fsp3) is 0.364. The fourth-order valence-electron chi connectivity index (χ4n) is 4.54. The number of nitriles is 1. The Bertz CT molecular complexity index is 911. The van der Waals surface area contributed by atoms with E-state index in [1.165, 1.54) is 18.2 Å². The van der Waals surface area contributed by atoms with Gasteiger partial charge in [-0.05, 0) is 36.6 Å². The van der Waals surface area contributed by atoms with E-state index in [0.717, 1.165) is 18.4 Å². The van der Waals surface area contributed by atoms with E-state index in [-0.39, 0.29) is 37.1 Å². The van der Waals surface area contributed by atoms with Crippen LogP contribution in [0.15, 0.2) is 48.5 Å². The van der Waals surface area contributed by atoms with Gasteiger partial charge in [0.05, 0.1) is 17.2 Å². The van der Waals surface area contributed by atoms with Crippen molar-refractivity contribution in [3.8, 4) is 6.07 Å². The Kier molecular flexibility index (Phi) is 4.78. The Labute approximate surface area is 163 Å². The molecule has 0 aromatic heterocycles. The van der Waals surface area contributed by atoms with Crippen LogP contribution in [0.25, 0.3) is 0 Å². The number of fused-ring (bicyclic) bond motifs is 2. The van der Waals surface area contributed by atoms with Crippen LogP contribution in [-0.2, 0) is 16.9 Å². The van der Waals surface area contributed by atoms with Crippen LogP contribution in [0.5, 0.6) is 0 Å². The first-order chi connectivity index (χ1) is 13.5. The number of hydrogen-bond donors (Lipinski definition) is 1. The zero-order valence-electron chi connectivity index (χ0n) is 15.3. The Balaban J connectivity index is 1.51. The highest BCUT2D eigenvalue weighted by Crippen LogP contribution is 2.46. The number of aliphatic hydroxyl groups is 1. The molecule has 2 heterocycles. The maximum absolute atomic E-state index is 13.8. The number of halogens is 1. The van der Waals surface area contributed by atoms with Crippen LogP contribution in [0.4, 0.5) is 9.18 Å². The lowest BCUT2D eigenvalue weighted by Crippen LogP contribution is -2.52. The molecule has 0 saturated carbocycles. The summed E-state index contributed by atoms with van der Waals surface area (Å²) in [6.45, 7) is 0.197. The number of ether oxygens (including phenoxy) is 1. The molecule has 144 valence electrons. The molecule has 0 aliphatic carbocycles. The van der Waals surface area contributed by atoms with Crippen molar-refractivity contribution in [1.29, 1.82) is 5.26 Å². The van der Waals surface area contributed by atoms with E-state index in [0.29, 0.717) is 5.56 Å². The zero-order chi connectivity index (χ0) is 19.7. The van der Waals surface area contributed by atoms with Crippen molar-refractivity contribution in [2.24, 2.45) is 0 Å². The van der Waals surface area contributed by atoms with Gasteiger partial charge in [-0.15, -0.1) is 0 Å². The Morgan fingerprint density at radius 3 is 2.54 bits per heavy atom. The first-order valence-electron chi connectivity index (χ1n) is 9.42. The number of rotatable bonds is 3. The van der Waals surface area contributed by atoms with Crippen molar-refractivity contribution < 1.29 is 19.0 Å². The van der Waals surface area contributed by atoms with Crippen molar-refractivity contribution in [1.82, 2.24) is 4.90 Å². The molecule has 2 unspecified atom stereocenters. The van der Waals surface area contributed by atoms with E-state index in [4.69, 9.17) is 4.74 Å². The first-order valence-corrected chi connectivity index (χ1v) is 9.42. The van der Waals surface area contributed by atoms with Crippen LogP contribution in [0.2, 0.25) is 0 Å². The number of amides is 1. The van der Waals surface area contributed by atoms with Crippen LogP contribution in [0, 0.1) is 17.1 Å². The van der Waals surface area contributed by atoms with E-state index < -0.39 is 17.5 Å². The molecule has 2 aliphatic heterocycles. The van der Waals surface area contributed by atoms with Crippen LogP contribution in [0.1, 0.15) is 42.4 Å². The van der Waals surface area contributed by atoms with Gasteiger partial charge in [0.25, 0.3) is 0 Å². The summed E-state index contributed by atoms with van der Waals surface area (Å²) in [6.07, 6.45) is 1.65. The van der Waals surface area contributed by atoms with Gasteiger partial charge in [0.2, 0.25) is 0 Å². The monoisotopic (exact) mass is 380 g/mol. The lowest BCUT2D eigenvalue weighted by atomic mass is 9.79. The van der Waals surface area contributed by atoms with Gasteiger partial charge in [-0.3, -0.25) is 0 Å². The van der Waals surface area contributed by atoms with Crippen LogP contribution in [-0.4, -0.2) is 28.2 Å². The van der Waals surface area contributed by atoms with E-state index in [1.54, 1.807) is 4.90 Å². The van der Waals surface area contributed by atoms with Crippen molar-refractivity contribution >= 4 is 6.09 Å². The summed E-state index contributed by atoms with van der Waals surface area (Å²) in [5.41, 5.74) is 0.164. The van der Waals surface area contributed by atoms with Gasteiger partial charge in [0.15, 0.2) is 0 Å². The molecule has 2 aromatic carbocycles. The fourth-order valence-corrected chi connectivity index (χ4v) is 4.54. The summed E-state index contributed by atoms with van der Waals surface area (Å²) in [4.78, 5) is 14.4. The molecular formula is C22H21FN2O3. The molecule has 2 aliphatic rings. The third kappa shape index (κ3) is 3.34. The van der Waals surface area contributed by atoms with Crippen molar-refractivity contribution in [2.75, 3.05) is 0 Å². The molecule has 0 radical (unpaired) electrons. The van der Waals surface area contributed by atoms with Gasteiger partial charge >= 0.3 is 6.09 Å². The maximum atomic E-state index is 13.8. The molecule has 1 N–H and O–H groups in total. The van der Waals surface area contributed by atoms with Crippen molar-refractivity contribution in [3.05, 3.63) is 71.0 Å². The molecule has 6 heteroatoms. The van der Waals surface area contributed by atoms with Crippen molar-refractivity contribution in [3.63, 3.8) is 0 Å². The Hall–Kier alpha value is -2.91. The van der Waals surface area contributed by atoms with Crippen LogP contribution < -0.4 is 0 Å². The number of carbonyl (C=O) groups is 1. The molecule has 2 atom stereocenters. The second-order valence-corrected chi connectivity index (χ2v) is 7.57. The molecule has 0 spiro atoms. The summed E-state index contributed by atoms with van der Waals surface area (Å²) < 4.78 is 19.3. The Morgan fingerprint density at radius 1 is 1.21 bits per heavy atom. The predicted octanol–water partition coefficient (Wildman–Crippen LogP) is 3.85. The minimum atomic E-state index is -1.32. The molecule has 4 rings (SSSR count). The molecular weight excluding hydrogens is 359 g/mol. The summed E-state index contributed by atoms with van der Waals surface area (Å²) in [6, 6.07) is 15.0. The highest BCUT2D eigenvalue weighted by molar-refractivity contribution is 5.69. The van der Waals surface area contributed by atoms with E-state index in [2.05, 4.69) is 0 Å². The third-order valence-electron chi connectivity index (χ3n) is 5.79. The summed E-state index contributed by atoms with van der Waals surface area (Å²) in [7, 11) is 0. The number of carbonyl (C=O) groups excluding carboxylic acids is 1. The molecule has 5 nitrogen and oxygen atoms in total. The van der Waals surface area contributed by atoms with Gasteiger partial charge in [-0.25, -0.2) is 9.18 Å². The lowest BCUT2D eigenvalue weighted by Gasteiger charge is -2.43. The standard InChI is InChI=1S/C22H21FN2O3/c23-17-7-6-16(13-24)20(10-17)22(27)11-18-8-9-19(12-22)25(18)21(26)28-14-15-4-2-1-3-5-15/h1-7,10,18-19,27H,8-9,11-12,14H2. The minimum Gasteiger partial charge on any atom is -0.445 e. The van der Waals surface area contributed by atoms with Gasteiger partial charge in [0, 0.05) is 30.5 Å². The quantitative estimate of drug-likeness (QED) is 0.878. The van der Waals surface area contributed by atoms with E-state index >= 15 is 0 Å². The van der Waals surface area contributed by atoms with Crippen molar-refractivity contribution in [2.45, 2.75) is 50.0 Å². The van der Waals surface area contributed by atoms with E-state index in [1.807, 2.05) is 36.4 Å². The molecule has 2 bridgehead atoms. The molecule has 2 fully saturated rings. The average Bonchev–Trinajstić information content (AvgIpc) is 2.99. The number of benzene rings is 2. The summed E-state index contributed by atoms with van der Waals surface area (Å²) in [5.74, 6) is -0.487. The lowest BCUT2D eigenvalue weighted by molar-refractivity contribution is -0.0540. The predicted molar refractivity (Wildman–Crippen MR) is 99.5 cm³/mol. The SMILES string of the molecule is N#Cc1ccc(F)cc1C1(O)CC2CCC(C1)N2C(=O)OCc1ccccc1. The van der Waals surface area contributed by atoms with Gasteiger partial charge < -0.3 is 14.7 Å². The van der Waals surface area contributed by atoms with Gasteiger partial charge in [-0.1, -0.05) is 30.3 Å². The largest absolute Gasteiger partial charge is 0.445 e. The highest BCUT2D eigenvalue weighted by atomic mass is 19.1. The first kappa shape index (κ1) is 18.5. The normalized spacial score (nSPS) is 26.0. The van der Waals surface area contributed by atoms with Crippen LogP contribution in [0.3, 0.4) is 0 Å². The van der Waals surface area contributed by atoms with E-state index in [9.17, 15) is 19.6 Å². The second kappa shape index (κ2) is 7.25. The second-order valence-electron chi connectivity index (χ2n) is 7.57. The van der Waals surface area contributed by atoms with Gasteiger partial charge in [0.1, 0.15) is 12.4 Å². The molecule has 28 heavy (non-hydrogen) atoms. The number of nitrogens with zero attached hydrogens (tertiary/aromatic N) is 2. The average molecular weight is 380 g/mol. The highest BCUT2D eigenvalue weighted by Gasteiger charge is 2.51. The maximum Gasteiger partial charge on any atom is 0.410 e. The zero-order valence-corrected chi connectivity index (χ0v) is 15.3. The summed E-state index contributed by atoms with van der Waals surface area (Å²) in [5, 5.41) is 20.6. The van der Waals surface area contributed by atoms with Gasteiger partial charge in [-0.2, -0.15) is 5.26 Å². The Morgan fingerprint density at radius 2 is 1.89 bits per heavy atom. The molecule has 2 aromatic rings. The molecule has 1 amide bonds. The topological polar surface area (TPSA) is 73.6 Å². The minimum absolute atomic E-state index is 0.193. The molecule has 2 saturated heterocycles.